The Hall–Kier alpha value is -1.78. The van der Waals surface area contributed by atoms with Crippen LogP contribution in [0.15, 0.2) is 16.9 Å². The summed E-state index contributed by atoms with van der Waals surface area (Å²) in [5.41, 5.74) is 4.87. The van der Waals surface area contributed by atoms with Gasteiger partial charge in [0.15, 0.2) is 0 Å². The molecular weight excluding hydrogens is 196 g/mol. The Kier molecular flexibility index (Phi) is 2.57. The third-order valence-electron chi connectivity index (χ3n) is 2.47. The Bertz CT molecular complexity index is 460. The summed E-state index contributed by atoms with van der Waals surface area (Å²) in [6.07, 6.45) is 0. The fourth-order valence-electron chi connectivity index (χ4n) is 1.54. The maximum Gasteiger partial charge on any atom is 0.315 e. The van der Waals surface area contributed by atoms with E-state index in [2.05, 4.69) is 0 Å². The molecule has 0 saturated heterocycles. The lowest BCUT2D eigenvalue weighted by atomic mass is 9.87. The number of nitrogens with zero attached hydrogens (tertiary/aromatic N) is 1. The van der Waals surface area contributed by atoms with Crippen LogP contribution in [0.4, 0.5) is 5.69 Å². The van der Waals surface area contributed by atoms with E-state index in [9.17, 15) is 9.59 Å². The smallest absolute Gasteiger partial charge is 0.315 e. The third-order valence-corrected chi connectivity index (χ3v) is 2.47. The Morgan fingerprint density at radius 2 is 2.00 bits per heavy atom. The van der Waals surface area contributed by atoms with Crippen molar-refractivity contribution in [2.24, 2.45) is 7.05 Å². The summed E-state index contributed by atoms with van der Waals surface area (Å²) in [6.45, 7) is 3.03. The predicted octanol–water partition coefficient (Wildman–Crippen LogP) is 0.330. The van der Waals surface area contributed by atoms with Gasteiger partial charge in [0.25, 0.3) is 5.56 Å². The molecule has 0 aromatic carbocycles. The zero-order chi connectivity index (χ0) is 11.8. The number of pyridine rings is 1. The summed E-state index contributed by atoms with van der Waals surface area (Å²) in [7, 11) is 1.51. The van der Waals surface area contributed by atoms with E-state index in [0.717, 1.165) is 0 Å². The molecule has 3 N–H and O–H groups in total. The molecule has 0 amide bonds. The first-order chi connectivity index (χ1) is 6.78. The minimum absolute atomic E-state index is 0.270. The number of aromatic nitrogens is 1. The minimum Gasteiger partial charge on any atom is -0.481 e. The number of nitrogen functional groups attached to an aromatic ring is 1. The molecule has 1 rings (SSSR count). The van der Waals surface area contributed by atoms with Gasteiger partial charge in [0, 0.05) is 13.1 Å². The first-order valence-corrected chi connectivity index (χ1v) is 4.48. The summed E-state index contributed by atoms with van der Waals surface area (Å²) >= 11 is 0. The Morgan fingerprint density at radius 3 is 2.47 bits per heavy atom. The normalized spacial score (nSPS) is 11.4. The molecule has 1 heterocycles. The predicted molar refractivity (Wildman–Crippen MR) is 56.8 cm³/mol. The van der Waals surface area contributed by atoms with E-state index >= 15 is 0 Å². The largest absolute Gasteiger partial charge is 0.481 e. The maximum atomic E-state index is 11.4. The Labute approximate surface area is 87.1 Å². The number of aliphatic carboxylic acids is 1. The van der Waals surface area contributed by atoms with Crippen LogP contribution in [0, 0.1) is 0 Å². The number of carbonyl (C=O) groups is 1. The lowest BCUT2D eigenvalue weighted by molar-refractivity contribution is -0.142. The van der Waals surface area contributed by atoms with E-state index in [1.54, 1.807) is 0 Å². The molecule has 0 aliphatic heterocycles. The molecule has 0 unspecified atom stereocenters. The highest BCUT2D eigenvalue weighted by atomic mass is 16.4. The van der Waals surface area contributed by atoms with E-state index in [1.807, 2.05) is 0 Å². The monoisotopic (exact) mass is 210 g/mol. The van der Waals surface area contributed by atoms with Crippen LogP contribution in [0.3, 0.4) is 0 Å². The molecule has 1 aromatic rings. The number of hydrogen-bond donors (Lipinski definition) is 2. The number of carboxylic acids is 1. The number of anilines is 1. The van der Waals surface area contributed by atoms with Gasteiger partial charge >= 0.3 is 5.97 Å². The summed E-state index contributed by atoms with van der Waals surface area (Å²) in [4.78, 5) is 22.4. The average Bonchev–Trinajstić information content (AvgIpc) is 2.11. The van der Waals surface area contributed by atoms with Crippen molar-refractivity contribution in [2.45, 2.75) is 19.3 Å². The van der Waals surface area contributed by atoms with Crippen molar-refractivity contribution >= 4 is 11.7 Å². The van der Waals surface area contributed by atoms with Gasteiger partial charge in [-0.05, 0) is 19.9 Å². The number of nitrogens with two attached hydrogens (primary N) is 1. The molecule has 0 fully saturated rings. The average molecular weight is 210 g/mol. The molecule has 0 spiro atoms. The van der Waals surface area contributed by atoms with Gasteiger partial charge in [0.05, 0.1) is 11.4 Å². The highest BCUT2D eigenvalue weighted by Gasteiger charge is 2.33. The molecule has 0 bridgehead atoms. The molecule has 5 heteroatoms. The van der Waals surface area contributed by atoms with Crippen LogP contribution in [0.2, 0.25) is 0 Å². The number of hydrogen-bond acceptors (Lipinski definition) is 3. The summed E-state index contributed by atoms with van der Waals surface area (Å²) in [5.74, 6) is -1.02. The van der Waals surface area contributed by atoms with Crippen molar-refractivity contribution in [3.8, 4) is 0 Å². The van der Waals surface area contributed by atoms with Gasteiger partial charge in [0.1, 0.15) is 5.41 Å². The first kappa shape index (κ1) is 11.3. The second kappa shape index (κ2) is 3.42. The second-order valence-corrected chi connectivity index (χ2v) is 3.96. The van der Waals surface area contributed by atoms with Gasteiger partial charge in [0.2, 0.25) is 0 Å². The van der Waals surface area contributed by atoms with Crippen molar-refractivity contribution in [1.29, 1.82) is 0 Å². The van der Waals surface area contributed by atoms with Gasteiger partial charge in [-0.2, -0.15) is 0 Å². The zero-order valence-electron chi connectivity index (χ0n) is 8.94. The molecular formula is C10H14N2O3. The van der Waals surface area contributed by atoms with Crippen LogP contribution >= 0.6 is 0 Å². The second-order valence-electron chi connectivity index (χ2n) is 3.96. The van der Waals surface area contributed by atoms with Gasteiger partial charge in [-0.1, -0.05) is 0 Å². The highest BCUT2D eigenvalue weighted by Crippen LogP contribution is 2.26. The molecule has 0 saturated carbocycles. The molecule has 1 aromatic heterocycles. The van der Waals surface area contributed by atoms with E-state index in [0.29, 0.717) is 11.4 Å². The van der Waals surface area contributed by atoms with Crippen LogP contribution in [-0.2, 0) is 17.3 Å². The lowest BCUT2D eigenvalue weighted by Crippen LogP contribution is -2.36. The molecule has 0 aliphatic rings. The van der Waals surface area contributed by atoms with E-state index in [-0.39, 0.29) is 5.56 Å². The quantitative estimate of drug-likeness (QED) is 0.736. The third kappa shape index (κ3) is 1.72. The molecule has 0 aliphatic carbocycles. The molecule has 0 atom stereocenters. The first-order valence-electron chi connectivity index (χ1n) is 4.48. The van der Waals surface area contributed by atoms with Crippen LogP contribution in [0.25, 0.3) is 0 Å². The number of rotatable bonds is 2. The van der Waals surface area contributed by atoms with Crippen molar-refractivity contribution in [3.05, 3.63) is 28.2 Å². The van der Waals surface area contributed by atoms with Crippen molar-refractivity contribution in [3.63, 3.8) is 0 Å². The molecule has 15 heavy (non-hydrogen) atoms. The van der Waals surface area contributed by atoms with E-state index in [4.69, 9.17) is 10.8 Å². The van der Waals surface area contributed by atoms with Gasteiger partial charge in [-0.25, -0.2) is 0 Å². The maximum absolute atomic E-state index is 11.4. The fraction of sp³-hybridized carbons (Fsp3) is 0.400. The Morgan fingerprint density at radius 1 is 1.47 bits per heavy atom. The van der Waals surface area contributed by atoms with Crippen molar-refractivity contribution in [2.75, 3.05) is 5.73 Å². The van der Waals surface area contributed by atoms with Crippen LogP contribution < -0.4 is 11.3 Å². The van der Waals surface area contributed by atoms with Crippen LogP contribution in [-0.4, -0.2) is 15.6 Å². The number of carboxylic acid groups (broad SMARTS) is 1. The van der Waals surface area contributed by atoms with Crippen molar-refractivity contribution in [1.82, 2.24) is 4.57 Å². The fourth-order valence-corrected chi connectivity index (χ4v) is 1.54. The lowest BCUT2D eigenvalue weighted by Gasteiger charge is -2.24. The van der Waals surface area contributed by atoms with Crippen molar-refractivity contribution < 1.29 is 9.90 Å². The SMILES string of the molecule is Cn1c(C(C)(C)C(=O)O)c(N)ccc1=O. The Balaban J connectivity index is 3.57. The van der Waals surface area contributed by atoms with Gasteiger partial charge < -0.3 is 15.4 Å². The molecule has 5 nitrogen and oxygen atoms in total. The van der Waals surface area contributed by atoms with Crippen LogP contribution in [0.1, 0.15) is 19.5 Å². The summed E-state index contributed by atoms with van der Waals surface area (Å²) in [6, 6.07) is 2.75. The minimum atomic E-state index is -1.18. The topological polar surface area (TPSA) is 85.3 Å². The summed E-state index contributed by atoms with van der Waals surface area (Å²) in [5, 5.41) is 9.06. The van der Waals surface area contributed by atoms with Crippen LogP contribution in [0.5, 0.6) is 0 Å². The van der Waals surface area contributed by atoms with E-state index < -0.39 is 11.4 Å². The molecule has 0 radical (unpaired) electrons. The zero-order valence-corrected chi connectivity index (χ0v) is 8.94. The summed E-state index contributed by atoms with van der Waals surface area (Å²) < 4.78 is 1.27. The standard InChI is InChI=1S/C10H14N2O3/c1-10(2,9(14)15)8-6(11)4-5-7(13)12(8)3/h4-5H,11H2,1-3H3,(H,14,15). The molecule has 82 valence electrons. The van der Waals surface area contributed by atoms with Gasteiger partial charge in [-0.15, -0.1) is 0 Å². The van der Waals surface area contributed by atoms with E-state index in [1.165, 1.54) is 37.6 Å². The van der Waals surface area contributed by atoms with Gasteiger partial charge in [-0.3, -0.25) is 9.59 Å². The highest BCUT2D eigenvalue weighted by molar-refractivity contribution is 5.81.